The van der Waals surface area contributed by atoms with Crippen molar-refractivity contribution in [2.75, 3.05) is 18.4 Å². The second-order valence-corrected chi connectivity index (χ2v) is 5.03. The monoisotopic (exact) mass is 230 g/mol. The molecule has 0 bridgehead atoms. The van der Waals surface area contributed by atoms with E-state index in [1.807, 2.05) is 19.9 Å². The van der Waals surface area contributed by atoms with Gasteiger partial charge in [-0.15, -0.1) is 0 Å². The van der Waals surface area contributed by atoms with Gasteiger partial charge in [-0.25, -0.2) is 4.98 Å². The molecule has 0 radical (unpaired) electrons. The minimum absolute atomic E-state index is 0.00116. The lowest BCUT2D eigenvalue weighted by Gasteiger charge is -2.26. The van der Waals surface area contributed by atoms with Crippen molar-refractivity contribution in [1.29, 1.82) is 5.26 Å². The third-order valence-electron chi connectivity index (χ3n) is 3.25. The summed E-state index contributed by atoms with van der Waals surface area (Å²) < 4.78 is 0. The van der Waals surface area contributed by atoms with Gasteiger partial charge in [-0.1, -0.05) is 0 Å². The Morgan fingerprint density at radius 3 is 2.88 bits per heavy atom. The third kappa shape index (κ3) is 2.40. The van der Waals surface area contributed by atoms with E-state index in [4.69, 9.17) is 0 Å². The molecule has 4 heteroatoms. The SMILES string of the molecule is Cc1cc(C)c(C#N)c(NC2(C)CCNC2)n1. The fourth-order valence-electron chi connectivity index (χ4n) is 2.28. The Morgan fingerprint density at radius 1 is 1.53 bits per heavy atom. The first-order valence-electron chi connectivity index (χ1n) is 5.91. The molecule has 0 aromatic carbocycles. The zero-order chi connectivity index (χ0) is 12.5. The Hall–Kier alpha value is -1.60. The molecule has 2 rings (SSSR count). The summed E-state index contributed by atoms with van der Waals surface area (Å²) in [6, 6.07) is 4.18. The van der Waals surface area contributed by atoms with Crippen LogP contribution in [0.15, 0.2) is 6.07 Å². The molecule has 2 heterocycles. The van der Waals surface area contributed by atoms with Crippen LogP contribution in [0.5, 0.6) is 0 Å². The van der Waals surface area contributed by atoms with Crippen molar-refractivity contribution in [2.45, 2.75) is 32.7 Å². The molecule has 0 aliphatic carbocycles. The smallest absolute Gasteiger partial charge is 0.144 e. The van der Waals surface area contributed by atoms with Crippen molar-refractivity contribution in [3.05, 3.63) is 22.9 Å². The number of aryl methyl sites for hydroxylation is 2. The topological polar surface area (TPSA) is 60.7 Å². The van der Waals surface area contributed by atoms with E-state index in [1.54, 1.807) is 0 Å². The van der Waals surface area contributed by atoms with Crippen LogP contribution in [0, 0.1) is 25.2 Å². The van der Waals surface area contributed by atoms with Crippen LogP contribution in [-0.4, -0.2) is 23.6 Å². The lowest BCUT2D eigenvalue weighted by Crippen LogP contribution is -2.37. The molecular weight excluding hydrogens is 212 g/mol. The van der Waals surface area contributed by atoms with E-state index in [9.17, 15) is 5.26 Å². The van der Waals surface area contributed by atoms with Gasteiger partial charge in [0.15, 0.2) is 0 Å². The van der Waals surface area contributed by atoms with E-state index in [0.29, 0.717) is 5.56 Å². The molecule has 1 fully saturated rings. The predicted molar refractivity (Wildman–Crippen MR) is 67.9 cm³/mol. The average Bonchev–Trinajstić information content (AvgIpc) is 2.64. The van der Waals surface area contributed by atoms with Gasteiger partial charge >= 0.3 is 0 Å². The maximum absolute atomic E-state index is 9.20. The van der Waals surface area contributed by atoms with Crippen molar-refractivity contribution in [3.8, 4) is 6.07 Å². The quantitative estimate of drug-likeness (QED) is 0.812. The Bertz CT molecular complexity index is 467. The second kappa shape index (κ2) is 4.34. The number of pyridine rings is 1. The van der Waals surface area contributed by atoms with Crippen LogP contribution in [-0.2, 0) is 0 Å². The highest BCUT2D eigenvalue weighted by Crippen LogP contribution is 2.24. The van der Waals surface area contributed by atoms with Crippen molar-refractivity contribution >= 4 is 5.82 Å². The molecule has 1 aliphatic rings. The number of nitrogens with one attached hydrogen (secondary N) is 2. The molecular formula is C13H18N4. The summed E-state index contributed by atoms with van der Waals surface area (Å²) in [4.78, 5) is 4.45. The highest BCUT2D eigenvalue weighted by molar-refractivity contribution is 5.57. The summed E-state index contributed by atoms with van der Waals surface area (Å²) in [6.45, 7) is 7.98. The van der Waals surface area contributed by atoms with E-state index in [-0.39, 0.29) is 5.54 Å². The molecule has 1 atom stereocenters. The van der Waals surface area contributed by atoms with E-state index in [2.05, 4.69) is 28.6 Å². The van der Waals surface area contributed by atoms with E-state index >= 15 is 0 Å². The standard InChI is InChI=1S/C13H18N4/c1-9-6-10(2)16-12(11(9)7-14)17-13(3)4-5-15-8-13/h6,15H,4-5,8H2,1-3H3,(H,16,17). The number of anilines is 1. The van der Waals surface area contributed by atoms with Crippen LogP contribution in [0.25, 0.3) is 0 Å². The van der Waals surface area contributed by atoms with Gasteiger partial charge in [0.1, 0.15) is 11.9 Å². The van der Waals surface area contributed by atoms with Gasteiger partial charge < -0.3 is 10.6 Å². The predicted octanol–water partition coefficient (Wildman–Crippen LogP) is 1.73. The Labute approximate surface area is 102 Å². The van der Waals surface area contributed by atoms with Gasteiger partial charge in [-0.3, -0.25) is 0 Å². The van der Waals surface area contributed by atoms with Gasteiger partial charge in [0, 0.05) is 17.8 Å². The first-order chi connectivity index (χ1) is 8.04. The average molecular weight is 230 g/mol. The molecule has 4 nitrogen and oxygen atoms in total. The van der Waals surface area contributed by atoms with Crippen LogP contribution in [0.4, 0.5) is 5.82 Å². The molecule has 1 aromatic rings. The fourth-order valence-corrected chi connectivity index (χ4v) is 2.28. The molecule has 2 N–H and O–H groups in total. The summed E-state index contributed by atoms with van der Waals surface area (Å²) in [5, 5.41) is 16.0. The number of nitrogens with zero attached hydrogens (tertiary/aromatic N) is 2. The molecule has 0 saturated carbocycles. The van der Waals surface area contributed by atoms with Crippen molar-refractivity contribution in [2.24, 2.45) is 0 Å². The van der Waals surface area contributed by atoms with Crippen molar-refractivity contribution in [1.82, 2.24) is 10.3 Å². The number of aromatic nitrogens is 1. The molecule has 90 valence electrons. The maximum Gasteiger partial charge on any atom is 0.144 e. The molecule has 0 amide bonds. The Morgan fingerprint density at radius 2 is 2.29 bits per heavy atom. The molecule has 1 aliphatic heterocycles. The van der Waals surface area contributed by atoms with E-state index < -0.39 is 0 Å². The van der Waals surface area contributed by atoms with E-state index in [1.165, 1.54) is 0 Å². The highest BCUT2D eigenvalue weighted by Gasteiger charge is 2.29. The van der Waals surface area contributed by atoms with Gasteiger partial charge in [0.25, 0.3) is 0 Å². The Kier molecular flexibility index (Phi) is 3.03. The number of hydrogen-bond donors (Lipinski definition) is 2. The normalized spacial score (nSPS) is 23.4. The van der Waals surface area contributed by atoms with Gasteiger partial charge in [0.05, 0.1) is 5.56 Å². The highest BCUT2D eigenvalue weighted by atomic mass is 15.1. The largest absolute Gasteiger partial charge is 0.362 e. The first-order valence-corrected chi connectivity index (χ1v) is 5.91. The zero-order valence-corrected chi connectivity index (χ0v) is 10.6. The molecule has 1 saturated heterocycles. The molecule has 1 unspecified atom stereocenters. The van der Waals surface area contributed by atoms with Crippen LogP contribution in [0.1, 0.15) is 30.2 Å². The number of hydrogen-bond acceptors (Lipinski definition) is 4. The van der Waals surface area contributed by atoms with Crippen LogP contribution in [0.3, 0.4) is 0 Å². The maximum atomic E-state index is 9.20. The minimum atomic E-state index is -0.00116. The van der Waals surface area contributed by atoms with E-state index in [0.717, 1.165) is 36.6 Å². The van der Waals surface area contributed by atoms with Crippen LogP contribution in [0.2, 0.25) is 0 Å². The van der Waals surface area contributed by atoms with Crippen molar-refractivity contribution in [3.63, 3.8) is 0 Å². The first kappa shape index (κ1) is 11.9. The summed E-state index contributed by atoms with van der Waals surface area (Å²) in [6.07, 6.45) is 1.05. The third-order valence-corrected chi connectivity index (χ3v) is 3.25. The summed E-state index contributed by atoms with van der Waals surface area (Å²) in [5.74, 6) is 0.719. The molecule has 1 aromatic heterocycles. The number of rotatable bonds is 2. The Balaban J connectivity index is 2.35. The van der Waals surface area contributed by atoms with Crippen LogP contribution < -0.4 is 10.6 Å². The molecule has 0 spiro atoms. The zero-order valence-electron chi connectivity index (χ0n) is 10.6. The van der Waals surface area contributed by atoms with Gasteiger partial charge in [-0.2, -0.15) is 5.26 Å². The fraction of sp³-hybridized carbons (Fsp3) is 0.538. The molecule has 17 heavy (non-hydrogen) atoms. The second-order valence-electron chi connectivity index (χ2n) is 5.03. The number of nitriles is 1. The summed E-state index contributed by atoms with van der Waals surface area (Å²) in [5.41, 5.74) is 2.58. The lowest BCUT2D eigenvalue weighted by atomic mass is 10.0. The minimum Gasteiger partial charge on any atom is -0.362 e. The lowest BCUT2D eigenvalue weighted by molar-refractivity contribution is 0.564. The van der Waals surface area contributed by atoms with Gasteiger partial charge in [-0.05, 0) is 45.4 Å². The van der Waals surface area contributed by atoms with Crippen molar-refractivity contribution < 1.29 is 0 Å². The van der Waals surface area contributed by atoms with Crippen LogP contribution >= 0.6 is 0 Å². The summed E-state index contributed by atoms with van der Waals surface area (Å²) >= 11 is 0. The summed E-state index contributed by atoms with van der Waals surface area (Å²) in [7, 11) is 0. The van der Waals surface area contributed by atoms with Gasteiger partial charge in [0.2, 0.25) is 0 Å².